The number of amides is 4. The van der Waals surface area contributed by atoms with Gasteiger partial charge in [0.25, 0.3) is 0 Å². The molecular weight excluding hydrogens is 634 g/mol. The Morgan fingerprint density at radius 2 is 1.60 bits per heavy atom. The van der Waals surface area contributed by atoms with Crippen LogP contribution in [0.2, 0.25) is 0 Å². The van der Waals surface area contributed by atoms with Gasteiger partial charge in [0.05, 0.1) is 19.7 Å². The summed E-state index contributed by atoms with van der Waals surface area (Å²) in [7, 11) is 1.34. The van der Waals surface area contributed by atoms with E-state index in [1.165, 1.54) is 23.8 Å². The zero-order chi connectivity index (χ0) is 35.6. The van der Waals surface area contributed by atoms with Crippen molar-refractivity contribution in [3.63, 3.8) is 0 Å². The monoisotopic (exact) mass is 685 g/mol. The van der Waals surface area contributed by atoms with Crippen LogP contribution >= 0.6 is 11.8 Å². The Hall–Kier alpha value is -4.10. The summed E-state index contributed by atoms with van der Waals surface area (Å²) in [5.41, 5.74) is 15.3. The van der Waals surface area contributed by atoms with Crippen LogP contribution < -0.4 is 22.1 Å². The lowest BCUT2D eigenvalue weighted by Gasteiger charge is -2.30. The molecule has 0 fully saturated rings. The minimum atomic E-state index is -0.949. The van der Waals surface area contributed by atoms with Crippen molar-refractivity contribution in [2.75, 3.05) is 32.2 Å². The third-order valence-electron chi connectivity index (χ3n) is 8.15. The van der Waals surface area contributed by atoms with Gasteiger partial charge in [-0.1, -0.05) is 43.2 Å². The van der Waals surface area contributed by atoms with Crippen molar-refractivity contribution in [2.45, 2.75) is 83.3 Å². The highest BCUT2D eigenvalue weighted by molar-refractivity contribution is 7.98. The van der Waals surface area contributed by atoms with Crippen molar-refractivity contribution in [2.24, 2.45) is 11.5 Å². The predicted molar refractivity (Wildman–Crippen MR) is 187 cm³/mol. The lowest BCUT2D eigenvalue weighted by Crippen LogP contribution is -2.55. The van der Waals surface area contributed by atoms with Gasteiger partial charge < -0.3 is 36.8 Å². The van der Waals surface area contributed by atoms with Crippen LogP contribution in [0.5, 0.6) is 5.75 Å². The number of phenols is 1. The Balaban J connectivity index is 2.11. The summed E-state index contributed by atoms with van der Waals surface area (Å²) >= 11 is 1.51. The number of methoxy groups -OCH3 is 1. The Morgan fingerprint density at radius 3 is 2.21 bits per heavy atom. The van der Waals surface area contributed by atoms with Crippen LogP contribution in [0.3, 0.4) is 0 Å². The van der Waals surface area contributed by atoms with Gasteiger partial charge in [-0.15, -0.1) is 0 Å². The van der Waals surface area contributed by atoms with Crippen LogP contribution in [0, 0.1) is 13.8 Å². The van der Waals surface area contributed by atoms with E-state index in [2.05, 4.69) is 15.4 Å². The molecule has 0 aliphatic rings. The van der Waals surface area contributed by atoms with Gasteiger partial charge in [-0.2, -0.15) is 11.8 Å². The van der Waals surface area contributed by atoms with Gasteiger partial charge in [0.2, 0.25) is 23.6 Å². The summed E-state index contributed by atoms with van der Waals surface area (Å²) in [6, 6.07) is 9.61. The van der Waals surface area contributed by atoms with Gasteiger partial charge in [-0.25, -0.2) is 0 Å². The molecule has 0 saturated carbocycles. The van der Waals surface area contributed by atoms with Crippen LogP contribution in [-0.2, 0) is 41.6 Å². The van der Waals surface area contributed by atoms with Crippen molar-refractivity contribution in [3.8, 4) is 5.75 Å². The average Bonchev–Trinajstić information content (AvgIpc) is 3.05. The Morgan fingerprint density at radius 1 is 0.958 bits per heavy atom. The first-order valence-electron chi connectivity index (χ1n) is 16.2. The smallest absolute Gasteiger partial charge is 0.305 e. The van der Waals surface area contributed by atoms with Crippen molar-refractivity contribution >= 4 is 41.4 Å². The van der Waals surface area contributed by atoms with E-state index in [4.69, 9.17) is 11.5 Å². The third-order valence-corrected chi connectivity index (χ3v) is 8.80. The molecule has 264 valence electrons. The summed E-state index contributed by atoms with van der Waals surface area (Å²) in [5.74, 6) is -1.79. The number of carbonyl (C=O) groups is 5. The number of primary amides is 1. The summed E-state index contributed by atoms with van der Waals surface area (Å²) in [4.78, 5) is 65.5. The van der Waals surface area contributed by atoms with E-state index in [9.17, 15) is 29.1 Å². The van der Waals surface area contributed by atoms with E-state index in [1.807, 2.05) is 50.4 Å². The first-order chi connectivity index (χ1) is 22.9. The molecule has 3 atom stereocenters. The fraction of sp³-hybridized carbons (Fsp3) is 0.514. The van der Waals surface area contributed by atoms with Crippen LogP contribution in [-0.4, -0.2) is 89.9 Å². The summed E-state index contributed by atoms with van der Waals surface area (Å²) in [5, 5.41) is 15.2. The van der Waals surface area contributed by atoms with Gasteiger partial charge in [0.1, 0.15) is 17.8 Å². The highest BCUT2D eigenvalue weighted by atomic mass is 32.2. The zero-order valence-corrected chi connectivity index (χ0v) is 29.3. The van der Waals surface area contributed by atoms with Gasteiger partial charge in [-0.3, -0.25) is 24.0 Å². The summed E-state index contributed by atoms with van der Waals surface area (Å²) in [6.07, 6.45) is 5.56. The Kier molecular flexibility index (Phi) is 17.5. The van der Waals surface area contributed by atoms with Crippen molar-refractivity contribution < 1.29 is 33.8 Å². The lowest BCUT2D eigenvalue weighted by molar-refractivity contribution is -0.140. The van der Waals surface area contributed by atoms with Gasteiger partial charge in [0.15, 0.2) is 0 Å². The number of aromatic hydroxyl groups is 1. The fourth-order valence-electron chi connectivity index (χ4n) is 5.44. The van der Waals surface area contributed by atoms with E-state index in [1.54, 1.807) is 12.1 Å². The van der Waals surface area contributed by atoms with Gasteiger partial charge in [-0.05, 0) is 85.9 Å². The highest BCUT2D eigenvalue weighted by Gasteiger charge is 2.30. The van der Waals surface area contributed by atoms with Crippen LogP contribution in [0.15, 0.2) is 42.5 Å². The number of esters is 1. The second kappa shape index (κ2) is 21.0. The number of carbonyl (C=O) groups excluding carboxylic acids is 5. The second-order valence-electron chi connectivity index (χ2n) is 11.9. The first-order valence-corrected chi connectivity index (χ1v) is 17.6. The molecule has 0 saturated heterocycles. The number of phenolic OH excluding ortho intramolecular Hbond substituents is 1. The normalized spacial score (nSPS) is 12.8. The number of aryl methyl sites for hydroxylation is 2. The van der Waals surface area contributed by atoms with E-state index in [-0.39, 0.29) is 31.1 Å². The Labute approximate surface area is 287 Å². The first kappa shape index (κ1) is 40.1. The molecule has 0 spiro atoms. The number of nitrogens with one attached hydrogen (secondary N) is 2. The largest absolute Gasteiger partial charge is 0.508 e. The van der Waals surface area contributed by atoms with Crippen LogP contribution in [0.1, 0.15) is 60.8 Å². The maximum absolute atomic E-state index is 13.6. The standard InChI is InChI=1S/C35H51N5O7S/c1-23-18-26(41)19-24(2)27(23)21-28(36)34(45)39-29(15-17-48-4)35(46)38-22-31(42)40(16-11-6-5-10-14-32(43)47-3)30(33(37)44)20-25-12-8-7-9-13-25/h7-9,12-13,18-19,28-30,41H,5-6,10-11,14-17,20-22,36H2,1-4H3,(H2,37,44)(H,38,46)(H,39,45)/t28-,29-,30+/m1/s1. The topological polar surface area (TPSA) is 194 Å². The summed E-state index contributed by atoms with van der Waals surface area (Å²) < 4.78 is 4.68. The van der Waals surface area contributed by atoms with Crippen molar-refractivity contribution in [1.82, 2.24) is 15.5 Å². The minimum Gasteiger partial charge on any atom is -0.508 e. The number of ether oxygens (including phenoxy) is 1. The Bertz CT molecular complexity index is 1350. The predicted octanol–water partition coefficient (Wildman–Crippen LogP) is 2.28. The molecule has 2 aromatic carbocycles. The molecule has 2 aromatic rings. The molecule has 0 radical (unpaired) electrons. The van der Waals surface area contributed by atoms with E-state index < -0.39 is 48.3 Å². The van der Waals surface area contributed by atoms with Gasteiger partial charge in [0, 0.05) is 19.4 Å². The number of benzene rings is 2. The van der Waals surface area contributed by atoms with Crippen LogP contribution in [0.25, 0.3) is 0 Å². The third kappa shape index (κ3) is 13.6. The number of nitrogens with two attached hydrogens (primary N) is 2. The number of hydrogen-bond donors (Lipinski definition) is 5. The summed E-state index contributed by atoms with van der Waals surface area (Å²) in [6.45, 7) is 3.49. The molecule has 0 heterocycles. The lowest BCUT2D eigenvalue weighted by atomic mass is 9.96. The maximum Gasteiger partial charge on any atom is 0.305 e. The molecule has 0 unspecified atom stereocenters. The molecule has 0 aliphatic carbocycles. The van der Waals surface area contributed by atoms with E-state index in [0.29, 0.717) is 37.9 Å². The molecular formula is C35H51N5O7S. The van der Waals surface area contributed by atoms with Crippen molar-refractivity contribution in [1.29, 1.82) is 0 Å². The molecule has 7 N–H and O–H groups in total. The number of nitrogens with zero attached hydrogens (tertiary/aromatic N) is 1. The molecule has 0 bridgehead atoms. The second-order valence-corrected chi connectivity index (χ2v) is 12.9. The number of thioether (sulfide) groups is 1. The number of unbranched alkanes of at least 4 members (excludes halogenated alkanes) is 3. The molecule has 0 aliphatic heterocycles. The zero-order valence-electron chi connectivity index (χ0n) is 28.5. The van der Waals surface area contributed by atoms with E-state index >= 15 is 0 Å². The molecule has 2 rings (SSSR count). The SMILES string of the molecule is COC(=O)CCCCCCN(C(=O)CNC(=O)[C@@H](CCSC)NC(=O)[C@H](N)Cc1c(C)cc(O)cc1C)[C@@H](Cc1ccccc1)C(N)=O. The molecule has 4 amide bonds. The van der Waals surface area contributed by atoms with Gasteiger partial charge >= 0.3 is 5.97 Å². The average molecular weight is 686 g/mol. The van der Waals surface area contributed by atoms with Crippen LogP contribution in [0.4, 0.5) is 0 Å². The highest BCUT2D eigenvalue weighted by Crippen LogP contribution is 2.22. The molecule has 48 heavy (non-hydrogen) atoms. The molecule has 13 heteroatoms. The quantitative estimate of drug-likeness (QED) is 0.0968. The van der Waals surface area contributed by atoms with E-state index in [0.717, 1.165) is 28.7 Å². The number of hydrogen-bond acceptors (Lipinski definition) is 9. The maximum atomic E-state index is 13.6. The minimum absolute atomic E-state index is 0.131. The number of rotatable bonds is 21. The fourth-order valence-corrected chi connectivity index (χ4v) is 5.91. The molecule has 0 aromatic heterocycles. The van der Waals surface area contributed by atoms with Crippen molar-refractivity contribution in [3.05, 3.63) is 64.7 Å². The molecule has 12 nitrogen and oxygen atoms in total.